The van der Waals surface area contributed by atoms with Gasteiger partial charge in [0.15, 0.2) is 5.82 Å². The molecule has 0 bridgehead atoms. The second kappa shape index (κ2) is 13.7. The van der Waals surface area contributed by atoms with Crippen molar-refractivity contribution < 1.29 is 9.90 Å². The SMILES string of the molecule is Cn1cc(CN2CC[C@@H](O)C2)cc(C(=O)Nc2cccc(-c3cccc(Nc4nccc5cc(CN6CCC6)cnc45)c3Cl)c2Cl)c1=O. The molecular weight excluding hydrogens is 649 g/mol. The van der Waals surface area contributed by atoms with Gasteiger partial charge in [-0.2, -0.15) is 0 Å². The number of β-amino-alcohol motifs (C(OH)–C–C–N with tert-alkyl or cyclic N) is 1. The first-order valence-electron chi connectivity index (χ1n) is 16.0. The molecule has 5 heterocycles. The molecule has 2 saturated heterocycles. The number of aliphatic hydroxyl groups is 1. The van der Waals surface area contributed by atoms with Crippen LogP contribution in [-0.2, 0) is 20.1 Å². The molecule has 7 rings (SSSR count). The number of nitrogens with one attached hydrogen (secondary N) is 2. The van der Waals surface area contributed by atoms with Gasteiger partial charge in [0.2, 0.25) is 0 Å². The van der Waals surface area contributed by atoms with E-state index in [0.717, 1.165) is 48.2 Å². The number of carbonyl (C=O) groups is 1. The number of aryl methyl sites for hydroxylation is 1. The Bertz CT molecular complexity index is 2080. The molecule has 0 unspecified atom stereocenters. The molecule has 246 valence electrons. The summed E-state index contributed by atoms with van der Waals surface area (Å²) >= 11 is 13.9. The van der Waals surface area contributed by atoms with Gasteiger partial charge in [-0.1, -0.05) is 47.5 Å². The summed E-state index contributed by atoms with van der Waals surface area (Å²) in [6, 6.07) is 16.6. The van der Waals surface area contributed by atoms with Gasteiger partial charge in [0.05, 0.1) is 27.5 Å². The lowest BCUT2D eigenvalue weighted by Crippen LogP contribution is -2.36. The van der Waals surface area contributed by atoms with Gasteiger partial charge in [-0.25, -0.2) is 4.98 Å². The summed E-state index contributed by atoms with van der Waals surface area (Å²) in [7, 11) is 1.62. The van der Waals surface area contributed by atoms with E-state index in [9.17, 15) is 14.7 Å². The topological polar surface area (TPSA) is 116 Å². The van der Waals surface area contributed by atoms with Crippen molar-refractivity contribution in [3.8, 4) is 11.1 Å². The van der Waals surface area contributed by atoms with Gasteiger partial charge in [0.25, 0.3) is 11.5 Å². The molecule has 2 aliphatic heterocycles. The summed E-state index contributed by atoms with van der Waals surface area (Å²) in [5.41, 5.74) is 4.51. The van der Waals surface area contributed by atoms with Crippen LogP contribution in [0.1, 0.15) is 34.3 Å². The quantitative estimate of drug-likeness (QED) is 0.172. The Morgan fingerprint density at radius 2 is 1.67 bits per heavy atom. The van der Waals surface area contributed by atoms with Crippen LogP contribution in [0, 0.1) is 0 Å². The molecule has 3 aromatic heterocycles. The highest BCUT2D eigenvalue weighted by atomic mass is 35.5. The Morgan fingerprint density at radius 1 is 0.938 bits per heavy atom. The number of pyridine rings is 3. The van der Waals surface area contributed by atoms with Gasteiger partial charge in [0.1, 0.15) is 11.1 Å². The number of nitrogens with zero attached hydrogens (tertiary/aromatic N) is 5. The Kier molecular flexibility index (Phi) is 9.17. The number of aliphatic hydroxyl groups excluding tert-OH is 1. The molecule has 1 amide bonds. The predicted octanol–water partition coefficient (Wildman–Crippen LogP) is 6.07. The Labute approximate surface area is 287 Å². The first kappa shape index (κ1) is 32.2. The fourth-order valence-corrected chi connectivity index (χ4v) is 6.87. The second-order valence-electron chi connectivity index (χ2n) is 12.5. The third-order valence-corrected chi connectivity index (χ3v) is 9.75. The zero-order chi connectivity index (χ0) is 33.4. The largest absolute Gasteiger partial charge is 0.392 e. The number of hydrogen-bond donors (Lipinski definition) is 3. The number of carbonyl (C=O) groups excluding carboxylic acids is 1. The van der Waals surface area contributed by atoms with E-state index in [1.807, 2.05) is 36.5 Å². The van der Waals surface area contributed by atoms with Gasteiger partial charge >= 0.3 is 0 Å². The number of fused-ring (bicyclic) bond motifs is 1. The van der Waals surface area contributed by atoms with Gasteiger partial charge < -0.3 is 20.3 Å². The van der Waals surface area contributed by atoms with Gasteiger partial charge in [-0.15, -0.1) is 0 Å². The molecule has 5 aromatic rings. The molecule has 0 aliphatic carbocycles. The molecule has 0 saturated carbocycles. The van der Waals surface area contributed by atoms with E-state index in [2.05, 4.69) is 31.5 Å². The number of rotatable bonds is 9. The maximum absolute atomic E-state index is 13.5. The van der Waals surface area contributed by atoms with E-state index in [0.29, 0.717) is 52.9 Å². The highest BCUT2D eigenvalue weighted by molar-refractivity contribution is 6.39. The van der Waals surface area contributed by atoms with Crippen LogP contribution in [0.3, 0.4) is 0 Å². The summed E-state index contributed by atoms with van der Waals surface area (Å²) in [4.78, 5) is 40.2. The van der Waals surface area contributed by atoms with E-state index < -0.39 is 11.5 Å². The van der Waals surface area contributed by atoms with Crippen LogP contribution < -0.4 is 16.2 Å². The van der Waals surface area contributed by atoms with E-state index in [1.54, 1.807) is 37.6 Å². The van der Waals surface area contributed by atoms with E-state index >= 15 is 0 Å². The zero-order valence-electron chi connectivity index (χ0n) is 26.4. The lowest BCUT2D eigenvalue weighted by molar-refractivity contribution is 0.102. The van der Waals surface area contributed by atoms with Crippen molar-refractivity contribution in [3.63, 3.8) is 0 Å². The highest BCUT2D eigenvalue weighted by Crippen LogP contribution is 2.41. The van der Waals surface area contributed by atoms with Crippen LogP contribution in [0.2, 0.25) is 10.0 Å². The summed E-state index contributed by atoms with van der Waals surface area (Å²) in [6.45, 7) is 4.96. The number of aromatic nitrogens is 3. The Hall–Kier alpha value is -4.32. The first-order chi connectivity index (χ1) is 23.2. The summed E-state index contributed by atoms with van der Waals surface area (Å²) in [5, 5.41) is 17.8. The minimum absolute atomic E-state index is 0.00399. The molecule has 1 atom stereocenters. The predicted molar refractivity (Wildman–Crippen MR) is 190 cm³/mol. The molecule has 2 aromatic carbocycles. The average molecular weight is 685 g/mol. The smallest absolute Gasteiger partial charge is 0.263 e. The van der Waals surface area contributed by atoms with Crippen LogP contribution in [-0.4, -0.2) is 67.6 Å². The first-order valence-corrected chi connectivity index (χ1v) is 16.7. The molecule has 12 heteroatoms. The number of halogens is 2. The van der Waals surface area contributed by atoms with Gasteiger partial charge in [0, 0.05) is 68.3 Å². The third-order valence-electron chi connectivity index (χ3n) is 8.94. The van der Waals surface area contributed by atoms with Crippen molar-refractivity contribution in [2.24, 2.45) is 7.05 Å². The standard InChI is InChI=1S/C36H35Cl2N7O3/c1-43-18-23(20-45-14-10-25(46)21-45)16-28(36(43)48)35(47)42-30-8-3-6-27(32(30)38)26-5-2-7-29(31(26)37)41-34-33-24(9-11-39-34)15-22(17-40-33)19-44-12-4-13-44/h2-3,5-9,11,15-18,25,46H,4,10,12-14,19-21H2,1H3,(H,39,41)(H,42,47)/t25-/m1/s1. The van der Waals surface area contributed by atoms with Crippen molar-refractivity contribution in [1.82, 2.24) is 24.3 Å². The lowest BCUT2D eigenvalue weighted by Gasteiger charge is -2.30. The summed E-state index contributed by atoms with van der Waals surface area (Å²) < 4.78 is 1.40. The van der Waals surface area contributed by atoms with Gasteiger partial charge in [-0.05, 0) is 67.4 Å². The van der Waals surface area contributed by atoms with E-state index in [1.165, 1.54) is 11.0 Å². The number of hydrogen-bond acceptors (Lipinski definition) is 8. The molecule has 0 radical (unpaired) electrons. The second-order valence-corrected chi connectivity index (χ2v) is 13.2. The van der Waals surface area contributed by atoms with Crippen LogP contribution in [0.4, 0.5) is 17.2 Å². The number of anilines is 3. The number of benzene rings is 2. The number of amides is 1. The molecule has 0 spiro atoms. The van der Waals surface area contributed by atoms with Crippen molar-refractivity contribution in [2.75, 3.05) is 36.8 Å². The van der Waals surface area contributed by atoms with Crippen molar-refractivity contribution in [3.05, 3.63) is 110 Å². The number of likely N-dealkylation sites (tertiary alicyclic amines) is 2. The fourth-order valence-electron chi connectivity index (χ4n) is 6.32. The van der Waals surface area contributed by atoms with E-state index in [4.69, 9.17) is 28.2 Å². The molecule has 3 N–H and O–H groups in total. The van der Waals surface area contributed by atoms with Crippen molar-refractivity contribution >= 4 is 57.2 Å². The molecule has 10 nitrogen and oxygen atoms in total. The summed E-state index contributed by atoms with van der Waals surface area (Å²) in [6.07, 6.45) is 6.95. The van der Waals surface area contributed by atoms with Crippen LogP contribution >= 0.6 is 23.2 Å². The Morgan fingerprint density at radius 3 is 2.38 bits per heavy atom. The van der Waals surface area contributed by atoms with Crippen LogP contribution in [0.25, 0.3) is 22.0 Å². The minimum atomic E-state index is -0.568. The van der Waals surface area contributed by atoms with Crippen molar-refractivity contribution in [1.29, 1.82) is 0 Å². The van der Waals surface area contributed by atoms with Gasteiger partial charge in [-0.3, -0.25) is 24.4 Å². The monoisotopic (exact) mass is 683 g/mol. The molecule has 2 fully saturated rings. The van der Waals surface area contributed by atoms with Crippen LogP contribution in [0.5, 0.6) is 0 Å². The Balaban J connectivity index is 1.13. The normalized spacial score (nSPS) is 16.6. The van der Waals surface area contributed by atoms with E-state index in [-0.39, 0.29) is 16.7 Å². The lowest BCUT2D eigenvalue weighted by atomic mass is 10.0. The highest BCUT2D eigenvalue weighted by Gasteiger charge is 2.23. The summed E-state index contributed by atoms with van der Waals surface area (Å²) in [5.74, 6) is 0.0147. The maximum atomic E-state index is 13.5. The maximum Gasteiger partial charge on any atom is 0.263 e. The molecule has 48 heavy (non-hydrogen) atoms. The molecular formula is C36H35Cl2N7O3. The fraction of sp³-hybridized carbons (Fsp3) is 0.278. The van der Waals surface area contributed by atoms with Crippen molar-refractivity contribution in [2.45, 2.75) is 32.0 Å². The van der Waals surface area contributed by atoms with Crippen LogP contribution in [0.15, 0.2) is 78.0 Å². The molecule has 2 aliphatic rings. The third kappa shape index (κ3) is 6.67. The zero-order valence-corrected chi connectivity index (χ0v) is 27.9. The minimum Gasteiger partial charge on any atom is -0.392 e. The average Bonchev–Trinajstić information content (AvgIpc) is 3.46.